The van der Waals surface area contributed by atoms with Gasteiger partial charge in [-0.25, -0.2) is 4.79 Å². The summed E-state index contributed by atoms with van der Waals surface area (Å²) in [5.74, 6) is 2.58. The highest BCUT2D eigenvalue weighted by Gasteiger charge is 2.23. The number of aryl methyl sites for hydroxylation is 1. The Bertz CT molecular complexity index is 1230. The lowest BCUT2D eigenvalue weighted by atomic mass is 10.1. The van der Waals surface area contributed by atoms with Gasteiger partial charge in [-0.2, -0.15) is 0 Å². The molecule has 0 bridgehead atoms. The van der Waals surface area contributed by atoms with Gasteiger partial charge in [0, 0.05) is 23.8 Å². The molecule has 0 aliphatic heterocycles. The first-order valence-corrected chi connectivity index (χ1v) is 13.6. The van der Waals surface area contributed by atoms with Crippen LogP contribution in [0, 0.1) is 6.92 Å². The van der Waals surface area contributed by atoms with Crippen LogP contribution >= 0.6 is 11.6 Å². The molecule has 0 atom stereocenters. The number of amides is 3. The molecule has 3 rings (SSSR count). The molecular formula is C30H38ClN3O5. The molecule has 210 valence electrons. The van der Waals surface area contributed by atoms with Crippen molar-refractivity contribution < 1.29 is 23.5 Å². The van der Waals surface area contributed by atoms with Gasteiger partial charge in [0.1, 0.15) is 18.1 Å². The van der Waals surface area contributed by atoms with E-state index in [2.05, 4.69) is 12.2 Å². The van der Waals surface area contributed by atoms with Crippen molar-refractivity contribution >= 4 is 29.2 Å². The standard InChI is InChI=1S/C30H38ClN3O5/c1-5-6-7-16-34(30(36)32-25-10-8-9-24(31)19-25)21-29(35)33(20-26-13-11-22(2)39-26)17-15-23-12-14-27(37-3)28(18-23)38-4/h8-14,18-19H,5-7,15-17,20-21H2,1-4H3,(H,32,36). The molecule has 0 fully saturated rings. The molecule has 3 aromatic rings. The minimum absolute atomic E-state index is 0.0538. The largest absolute Gasteiger partial charge is 0.493 e. The molecule has 39 heavy (non-hydrogen) atoms. The van der Waals surface area contributed by atoms with Crippen molar-refractivity contribution in [3.05, 3.63) is 76.7 Å². The highest BCUT2D eigenvalue weighted by Crippen LogP contribution is 2.28. The smallest absolute Gasteiger partial charge is 0.322 e. The molecular weight excluding hydrogens is 518 g/mol. The summed E-state index contributed by atoms with van der Waals surface area (Å²) < 4.78 is 16.5. The number of unbranched alkanes of at least 4 members (excludes halogenated alkanes) is 2. The molecule has 1 aromatic heterocycles. The summed E-state index contributed by atoms with van der Waals surface area (Å²) in [6.07, 6.45) is 3.36. The molecule has 3 amide bonds. The Kier molecular flexibility index (Phi) is 11.6. The predicted molar refractivity (Wildman–Crippen MR) is 154 cm³/mol. The number of hydrogen-bond donors (Lipinski definition) is 1. The van der Waals surface area contributed by atoms with E-state index in [4.69, 9.17) is 25.5 Å². The molecule has 1 heterocycles. The predicted octanol–water partition coefficient (Wildman–Crippen LogP) is 6.55. The maximum Gasteiger partial charge on any atom is 0.322 e. The van der Waals surface area contributed by atoms with Gasteiger partial charge in [-0.05, 0) is 67.8 Å². The van der Waals surface area contributed by atoms with Gasteiger partial charge in [0.05, 0.1) is 20.8 Å². The van der Waals surface area contributed by atoms with Crippen LogP contribution in [0.1, 0.15) is 43.3 Å². The van der Waals surface area contributed by atoms with Gasteiger partial charge in [0.15, 0.2) is 11.5 Å². The van der Waals surface area contributed by atoms with Gasteiger partial charge in [-0.15, -0.1) is 0 Å². The Morgan fingerprint density at radius 2 is 1.74 bits per heavy atom. The Labute approximate surface area is 235 Å². The topological polar surface area (TPSA) is 84.2 Å². The lowest BCUT2D eigenvalue weighted by Crippen LogP contribution is -2.45. The van der Waals surface area contributed by atoms with E-state index in [9.17, 15) is 9.59 Å². The number of anilines is 1. The van der Waals surface area contributed by atoms with Crippen LogP contribution in [-0.2, 0) is 17.8 Å². The van der Waals surface area contributed by atoms with Crippen LogP contribution in [0.15, 0.2) is 59.0 Å². The molecule has 8 nitrogen and oxygen atoms in total. The maximum atomic E-state index is 13.7. The molecule has 0 unspecified atom stereocenters. The molecule has 0 saturated carbocycles. The lowest BCUT2D eigenvalue weighted by Gasteiger charge is -2.27. The van der Waals surface area contributed by atoms with Crippen molar-refractivity contribution in [1.82, 2.24) is 9.80 Å². The van der Waals surface area contributed by atoms with E-state index >= 15 is 0 Å². The zero-order valence-corrected chi connectivity index (χ0v) is 23.9. The van der Waals surface area contributed by atoms with Crippen molar-refractivity contribution in [2.24, 2.45) is 0 Å². The molecule has 2 aromatic carbocycles. The van der Waals surface area contributed by atoms with Gasteiger partial charge in [0.25, 0.3) is 0 Å². The van der Waals surface area contributed by atoms with Gasteiger partial charge in [-0.1, -0.05) is 43.5 Å². The van der Waals surface area contributed by atoms with Gasteiger partial charge >= 0.3 is 6.03 Å². The molecule has 9 heteroatoms. The summed E-state index contributed by atoms with van der Waals surface area (Å²) in [5, 5.41) is 3.40. The van der Waals surface area contributed by atoms with Crippen molar-refractivity contribution in [1.29, 1.82) is 0 Å². The fourth-order valence-corrected chi connectivity index (χ4v) is 4.38. The quantitative estimate of drug-likeness (QED) is 0.228. The normalized spacial score (nSPS) is 10.7. The minimum Gasteiger partial charge on any atom is -0.493 e. The maximum absolute atomic E-state index is 13.7. The van der Waals surface area contributed by atoms with Crippen LogP contribution in [0.2, 0.25) is 5.02 Å². The number of carbonyl (C=O) groups is 2. The van der Waals surface area contributed by atoms with Crippen molar-refractivity contribution in [3.8, 4) is 11.5 Å². The van der Waals surface area contributed by atoms with E-state index in [-0.39, 0.29) is 18.5 Å². The Morgan fingerprint density at radius 3 is 2.41 bits per heavy atom. The SMILES string of the molecule is CCCCCN(CC(=O)N(CCc1ccc(OC)c(OC)c1)Cc1ccc(C)o1)C(=O)Nc1cccc(Cl)c1. The van der Waals surface area contributed by atoms with Gasteiger partial charge in [0.2, 0.25) is 5.91 Å². The van der Waals surface area contributed by atoms with Crippen molar-refractivity contribution in [3.63, 3.8) is 0 Å². The highest BCUT2D eigenvalue weighted by molar-refractivity contribution is 6.30. The second-order valence-corrected chi connectivity index (χ2v) is 9.77. The lowest BCUT2D eigenvalue weighted by molar-refractivity contribution is -0.132. The fraction of sp³-hybridized carbons (Fsp3) is 0.400. The number of furan rings is 1. The fourth-order valence-electron chi connectivity index (χ4n) is 4.19. The summed E-state index contributed by atoms with van der Waals surface area (Å²) in [5.41, 5.74) is 1.58. The number of methoxy groups -OCH3 is 2. The summed E-state index contributed by atoms with van der Waals surface area (Å²) >= 11 is 6.09. The zero-order valence-electron chi connectivity index (χ0n) is 23.2. The van der Waals surface area contributed by atoms with Crippen LogP contribution < -0.4 is 14.8 Å². The van der Waals surface area contributed by atoms with Crippen molar-refractivity contribution in [2.45, 2.75) is 46.1 Å². The Hall–Kier alpha value is -3.65. The average Bonchev–Trinajstić information content (AvgIpc) is 3.34. The highest BCUT2D eigenvalue weighted by atomic mass is 35.5. The number of ether oxygens (including phenoxy) is 2. The molecule has 0 saturated heterocycles. The number of nitrogens with one attached hydrogen (secondary N) is 1. The van der Waals surface area contributed by atoms with Crippen LogP contribution in [-0.4, -0.2) is 55.6 Å². The Morgan fingerprint density at radius 1 is 0.949 bits per heavy atom. The third-order valence-electron chi connectivity index (χ3n) is 6.33. The molecule has 0 radical (unpaired) electrons. The first-order chi connectivity index (χ1) is 18.8. The summed E-state index contributed by atoms with van der Waals surface area (Å²) in [6.45, 7) is 5.13. The first-order valence-electron chi connectivity index (χ1n) is 13.2. The minimum atomic E-state index is -0.338. The van der Waals surface area contributed by atoms with Gasteiger partial charge in [-0.3, -0.25) is 4.79 Å². The third kappa shape index (κ3) is 9.25. The second-order valence-electron chi connectivity index (χ2n) is 9.34. The summed E-state index contributed by atoms with van der Waals surface area (Å²) in [7, 11) is 3.19. The average molecular weight is 556 g/mol. The third-order valence-corrected chi connectivity index (χ3v) is 6.57. The van der Waals surface area contributed by atoms with E-state index in [0.29, 0.717) is 54.0 Å². The molecule has 0 spiro atoms. The van der Waals surface area contributed by atoms with Crippen LogP contribution in [0.25, 0.3) is 0 Å². The van der Waals surface area contributed by atoms with Gasteiger partial charge < -0.3 is 29.0 Å². The van der Waals surface area contributed by atoms with Crippen molar-refractivity contribution in [2.75, 3.05) is 39.2 Å². The number of hydrogen-bond acceptors (Lipinski definition) is 5. The van der Waals surface area contributed by atoms with E-state index in [1.165, 1.54) is 0 Å². The number of benzene rings is 2. The van der Waals surface area contributed by atoms with Crippen LogP contribution in [0.5, 0.6) is 11.5 Å². The molecule has 0 aliphatic carbocycles. The number of carbonyl (C=O) groups excluding carboxylic acids is 2. The number of halogens is 1. The van der Waals surface area contributed by atoms with E-state index < -0.39 is 0 Å². The molecule has 0 aliphatic rings. The summed E-state index contributed by atoms with van der Waals surface area (Å²) in [6, 6.07) is 16.1. The monoisotopic (exact) mass is 555 g/mol. The zero-order chi connectivity index (χ0) is 28.2. The number of urea groups is 1. The molecule has 1 N–H and O–H groups in total. The van der Waals surface area contributed by atoms with Crippen LogP contribution in [0.4, 0.5) is 10.5 Å². The summed E-state index contributed by atoms with van der Waals surface area (Å²) in [4.78, 5) is 30.2. The van der Waals surface area contributed by atoms with E-state index in [0.717, 1.165) is 30.6 Å². The van der Waals surface area contributed by atoms with Crippen LogP contribution in [0.3, 0.4) is 0 Å². The first kappa shape index (κ1) is 29.9. The van der Waals surface area contributed by atoms with E-state index in [1.807, 2.05) is 37.3 Å². The second kappa shape index (κ2) is 15.1. The number of nitrogens with zero attached hydrogens (tertiary/aromatic N) is 2. The van der Waals surface area contributed by atoms with E-state index in [1.54, 1.807) is 48.3 Å². The Balaban J connectivity index is 1.76. The number of rotatable bonds is 14.